The largest absolute Gasteiger partial charge is 0.293 e. The Morgan fingerprint density at radius 2 is 2.07 bits per heavy atom. The molecule has 1 atom stereocenters. The highest BCUT2D eigenvalue weighted by molar-refractivity contribution is 6.29. The number of rotatable bonds is 4. The van der Waals surface area contributed by atoms with E-state index < -0.39 is 5.82 Å². The molecular formula is C19H17ClFN5O. The molecule has 0 saturated carbocycles. The minimum Gasteiger partial charge on any atom is -0.293 e. The quantitative estimate of drug-likeness (QED) is 0.696. The SMILES string of the molecule is O=C1[C@@H](Cc2ccc(Cl)nc2)CCCN1c1n[nH]c(-c2ccncc2)c1F. The fourth-order valence-corrected chi connectivity index (χ4v) is 3.48. The molecule has 0 radical (unpaired) electrons. The Kier molecular flexibility index (Phi) is 4.85. The zero-order chi connectivity index (χ0) is 18.8. The van der Waals surface area contributed by atoms with Gasteiger partial charge in [-0.3, -0.25) is 19.8 Å². The van der Waals surface area contributed by atoms with Crippen molar-refractivity contribution in [1.82, 2.24) is 20.2 Å². The Morgan fingerprint density at radius 1 is 1.26 bits per heavy atom. The first-order valence-electron chi connectivity index (χ1n) is 8.69. The number of amides is 1. The molecule has 6 nitrogen and oxygen atoms in total. The number of aromatic nitrogens is 4. The number of hydrogen-bond donors (Lipinski definition) is 1. The number of pyridine rings is 2. The number of carbonyl (C=O) groups is 1. The predicted octanol–water partition coefficient (Wildman–Crippen LogP) is 3.64. The minimum atomic E-state index is -0.525. The van der Waals surface area contributed by atoms with E-state index in [1.807, 2.05) is 6.07 Å². The monoisotopic (exact) mass is 385 g/mol. The number of aromatic amines is 1. The van der Waals surface area contributed by atoms with Crippen LogP contribution in [0.5, 0.6) is 0 Å². The molecule has 8 heteroatoms. The highest BCUT2D eigenvalue weighted by atomic mass is 35.5. The summed E-state index contributed by atoms with van der Waals surface area (Å²) in [6.07, 6.45) is 6.92. The summed E-state index contributed by atoms with van der Waals surface area (Å²) in [6.45, 7) is 0.450. The third-order valence-electron chi connectivity index (χ3n) is 4.73. The molecule has 0 unspecified atom stereocenters. The summed E-state index contributed by atoms with van der Waals surface area (Å²) in [5, 5.41) is 7.20. The number of H-pyrrole nitrogens is 1. The van der Waals surface area contributed by atoms with Crippen LogP contribution < -0.4 is 4.90 Å². The average Bonchev–Trinajstić information content (AvgIpc) is 3.07. The number of nitrogens with zero attached hydrogens (tertiary/aromatic N) is 4. The standard InChI is InChI=1S/C19H17ClFN5O/c20-15-4-3-12(11-23-15)10-14-2-1-9-26(19(14)27)18-16(21)17(24-25-18)13-5-7-22-8-6-13/h3-8,11,14H,1-2,9-10H2,(H,24,25)/t14-/m1/s1. The van der Waals surface area contributed by atoms with Crippen LogP contribution in [0.1, 0.15) is 18.4 Å². The third kappa shape index (κ3) is 3.55. The number of piperidine rings is 1. The lowest BCUT2D eigenvalue weighted by molar-refractivity contribution is -0.123. The highest BCUT2D eigenvalue weighted by Gasteiger charge is 2.33. The average molecular weight is 386 g/mol. The second kappa shape index (κ2) is 7.44. The first kappa shape index (κ1) is 17.6. The molecule has 3 aromatic rings. The van der Waals surface area contributed by atoms with E-state index in [9.17, 15) is 9.18 Å². The van der Waals surface area contributed by atoms with Crippen molar-refractivity contribution < 1.29 is 9.18 Å². The van der Waals surface area contributed by atoms with E-state index in [0.717, 1.165) is 18.4 Å². The third-order valence-corrected chi connectivity index (χ3v) is 4.96. The van der Waals surface area contributed by atoms with Gasteiger partial charge in [-0.25, -0.2) is 9.37 Å². The summed E-state index contributed by atoms with van der Waals surface area (Å²) in [5.41, 5.74) is 1.82. The lowest BCUT2D eigenvalue weighted by atomic mass is 9.91. The molecule has 1 aliphatic heterocycles. The van der Waals surface area contributed by atoms with Crippen molar-refractivity contribution in [2.45, 2.75) is 19.3 Å². The second-order valence-electron chi connectivity index (χ2n) is 6.49. The maximum atomic E-state index is 14.9. The molecule has 0 aromatic carbocycles. The number of anilines is 1. The van der Waals surface area contributed by atoms with Gasteiger partial charge in [-0.05, 0) is 43.0 Å². The Morgan fingerprint density at radius 3 is 2.81 bits per heavy atom. The van der Waals surface area contributed by atoms with Crippen LogP contribution in [0.15, 0.2) is 42.9 Å². The van der Waals surface area contributed by atoms with Gasteiger partial charge in [-0.2, -0.15) is 5.10 Å². The summed E-state index contributed by atoms with van der Waals surface area (Å²) in [6, 6.07) is 6.94. The van der Waals surface area contributed by atoms with Gasteiger partial charge in [0.1, 0.15) is 10.8 Å². The summed E-state index contributed by atoms with van der Waals surface area (Å²) >= 11 is 5.81. The van der Waals surface area contributed by atoms with E-state index in [0.29, 0.717) is 23.7 Å². The van der Waals surface area contributed by atoms with Crippen LogP contribution >= 0.6 is 11.6 Å². The lowest BCUT2D eigenvalue weighted by Crippen LogP contribution is -2.42. The van der Waals surface area contributed by atoms with Crippen LogP contribution in [0.4, 0.5) is 10.2 Å². The van der Waals surface area contributed by atoms with Crippen LogP contribution in [-0.2, 0) is 11.2 Å². The summed E-state index contributed by atoms with van der Waals surface area (Å²) < 4.78 is 14.9. The number of carbonyl (C=O) groups excluding carboxylic acids is 1. The zero-order valence-electron chi connectivity index (χ0n) is 14.4. The van der Waals surface area contributed by atoms with Crippen LogP contribution in [0.3, 0.4) is 0 Å². The Hall–Kier alpha value is -2.80. The van der Waals surface area contributed by atoms with Crippen molar-refractivity contribution in [3.63, 3.8) is 0 Å². The van der Waals surface area contributed by atoms with Gasteiger partial charge in [0.25, 0.3) is 0 Å². The van der Waals surface area contributed by atoms with Crippen molar-refractivity contribution >= 4 is 23.3 Å². The lowest BCUT2D eigenvalue weighted by Gasteiger charge is -2.30. The van der Waals surface area contributed by atoms with Crippen LogP contribution in [-0.4, -0.2) is 32.6 Å². The number of nitrogens with one attached hydrogen (secondary N) is 1. The summed E-state index contributed by atoms with van der Waals surface area (Å²) in [4.78, 5) is 22.4. The van der Waals surface area contributed by atoms with E-state index in [4.69, 9.17) is 11.6 Å². The van der Waals surface area contributed by atoms with E-state index in [-0.39, 0.29) is 23.3 Å². The van der Waals surface area contributed by atoms with E-state index in [2.05, 4.69) is 20.2 Å². The van der Waals surface area contributed by atoms with Crippen molar-refractivity contribution in [2.24, 2.45) is 5.92 Å². The second-order valence-corrected chi connectivity index (χ2v) is 6.88. The van der Waals surface area contributed by atoms with E-state index in [1.165, 1.54) is 4.90 Å². The first-order chi connectivity index (χ1) is 13.1. The molecule has 1 aliphatic rings. The van der Waals surface area contributed by atoms with Crippen molar-refractivity contribution in [2.75, 3.05) is 11.4 Å². The maximum Gasteiger partial charge on any atom is 0.231 e. The van der Waals surface area contributed by atoms with Gasteiger partial charge in [-0.1, -0.05) is 17.7 Å². The molecule has 1 N–H and O–H groups in total. The summed E-state index contributed by atoms with van der Waals surface area (Å²) in [7, 11) is 0. The predicted molar refractivity (Wildman–Crippen MR) is 99.8 cm³/mol. The van der Waals surface area contributed by atoms with Gasteiger partial charge < -0.3 is 0 Å². The Balaban J connectivity index is 1.56. The zero-order valence-corrected chi connectivity index (χ0v) is 15.2. The van der Waals surface area contributed by atoms with Crippen LogP contribution in [0.2, 0.25) is 5.15 Å². The van der Waals surface area contributed by atoms with E-state index >= 15 is 0 Å². The fraction of sp³-hybridized carbons (Fsp3) is 0.263. The van der Waals surface area contributed by atoms with Gasteiger partial charge in [-0.15, -0.1) is 0 Å². The maximum absolute atomic E-state index is 14.9. The number of hydrogen-bond acceptors (Lipinski definition) is 4. The van der Waals surface area contributed by atoms with Crippen LogP contribution in [0, 0.1) is 11.7 Å². The summed E-state index contributed by atoms with van der Waals surface area (Å²) in [5.74, 6) is -0.834. The van der Waals surface area contributed by atoms with Crippen molar-refractivity contribution in [1.29, 1.82) is 0 Å². The molecule has 3 aromatic heterocycles. The normalized spacial score (nSPS) is 17.3. The first-order valence-corrected chi connectivity index (χ1v) is 9.07. The van der Waals surface area contributed by atoms with E-state index in [1.54, 1.807) is 36.8 Å². The molecule has 1 amide bonds. The van der Waals surface area contributed by atoms with Gasteiger partial charge >= 0.3 is 0 Å². The minimum absolute atomic E-state index is 0.0470. The molecule has 4 rings (SSSR count). The van der Waals surface area contributed by atoms with Crippen molar-refractivity contribution in [3.05, 3.63) is 59.4 Å². The molecular weight excluding hydrogens is 369 g/mol. The van der Waals surface area contributed by atoms with Gasteiger partial charge in [0.2, 0.25) is 5.91 Å². The van der Waals surface area contributed by atoms with Crippen molar-refractivity contribution in [3.8, 4) is 11.3 Å². The molecule has 27 heavy (non-hydrogen) atoms. The highest BCUT2D eigenvalue weighted by Crippen LogP contribution is 2.31. The Labute approximate surface area is 160 Å². The molecule has 4 heterocycles. The van der Waals surface area contributed by atoms with Gasteiger partial charge in [0.15, 0.2) is 11.6 Å². The molecule has 138 valence electrons. The van der Waals surface area contributed by atoms with Gasteiger partial charge in [0, 0.05) is 36.6 Å². The number of halogens is 2. The smallest absolute Gasteiger partial charge is 0.231 e. The molecule has 1 saturated heterocycles. The fourth-order valence-electron chi connectivity index (χ4n) is 3.37. The van der Waals surface area contributed by atoms with Crippen LogP contribution in [0.25, 0.3) is 11.3 Å². The molecule has 0 spiro atoms. The van der Waals surface area contributed by atoms with Gasteiger partial charge in [0.05, 0.1) is 0 Å². The Bertz CT molecular complexity index is 944. The molecule has 0 aliphatic carbocycles. The molecule has 1 fully saturated rings. The topological polar surface area (TPSA) is 74.8 Å². The molecule has 0 bridgehead atoms.